The zero-order valence-electron chi connectivity index (χ0n) is 23.5. The Bertz CT molecular complexity index is 1510. The molecular formula is C33H35ClFN3O4. The second kappa shape index (κ2) is 12.0. The molecule has 220 valence electrons. The van der Waals surface area contributed by atoms with Crippen molar-refractivity contribution >= 4 is 35.0 Å². The number of carbonyl (C=O) groups is 1. The number of para-hydroxylation sites is 1. The molecule has 0 saturated carbocycles. The number of hydrogen-bond acceptors (Lipinski definition) is 6. The first-order valence-corrected chi connectivity index (χ1v) is 14.9. The summed E-state index contributed by atoms with van der Waals surface area (Å²) < 4.78 is 21.1. The summed E-state index contributed by atoms with van der Waals surface area (Å²) in [4.78, 5) is 16.1. The van der Waals surface area contributed by atoms with Crippen LogP contribution in [0.2, 0.25) is 5.02 Å². The van der Waals surface area contributed by atoms with E-state index in [0.29, 0.717) is 29.5 Å². The van der Waals surface area contributed by atoms with E-state index in [0.717, 1.165) is 60.7 Å². The molecule has 0 amide bonds. The van der Waals surface area contributed by atoms with Gasteiger partial charge in [0, 0.05) is 29.2 Å². The predicted octanol–water partition coefficient (Wildman–Crippen LogP) is 6.53. The van der Waals surface area contributed by atoms with E-state index in [1.54, 1.807) is 24.3 Å². The maximum Gasteiger partial charge on any atom is 0.335 e. The summed E-state index contributed by atoms with van der Waals surface area (Å²) in [5, 5.41) is 23.8. The summed E-state index contributed by atoms with van der Waals surface area (Å²) in [6, 6.07) is 16.0. The first-order valence-electron chi connectivity index (χ1n) is 14.5. The lowest BCUT2D eigenvalue weighted by Crippen LogP contribution is -2.49. The fraction of sp³-hybridized carbons (Fsp3) is 0.364. The summed E-state index contributed by atoms with van der Waals surface area (Å²) >= 11 is 5.96. The van der Waals surface area contributed by atoms with Gasteiger partial charge in [-0.2, -0.15) is 0 Å². The summed E-state index contributed by atoms with van der Waals surface area (Å²) in [5.74, 6) is -0.214. The van der Waals surface area contributed by atoms with Crippen LogP contribution in [-0.2, 0) is 0 Å². The van der Waals surface area contributed by atoms with Gasteiger partial charge >= 0.3 is 5.97 Å². The van der Waals surface area contributed by atoms with Crippen molar-refractivity contribution in [2.45, 2.75) is 50.5 Å². The van der Waals surface area contributed by atoms with Crippen molar-refractivity contribution in [1.29, 1.82) is 0 Å². The molecular weight excluding hydrogens is 557 g/mol. The first-order chi connectivity index (χ1) is 20.3. The molecule has 3 N–H and O–H groups in total. The number of benzene rings is 3. The van der Waals surface area contributed by atoms with Crippen molar-refractivity contribution in [3.05, 3.63) is 93.8 Å². The van der Waals surface area contributed by atoms with Crippen molar-refractivity contribution in [3.63, 3.8) is 0 Å². The molecule has 0 spiro atoms. The molecule has 9 heteroatoms. The Balaban J connectivity index is 1.14. The molecule has 3 aliphatic rings. The number of nitrogens with one attached hydrogen (secondary N) is 1. The minimum Gasteiger partial charge on any atom is -0.481 e. The van der Waals surface area contributed by atoms with Crippen molar-refractivity contribution < 1.29 is 24.1 Å². The van der Waals surface area contributed by atoms with Crippen LogP contribution in [-0.4, -0.2) is 59.5 Å². The molecule has 3 aliphatic heterocycles. The number of carboxylic acids is 1. The molecule has 3 atom stereocenters. The molecule has 6 rings (SSSR count). The van der Waals surface area contributed by atoms with Crippen molar-refractivity contribution in [1.82, 2.24) is 4.90 Å². The van der Waals surface area contributed by atoms with E-state index in [2.05, 4.69) is 27.2 Å². The summed E-state index contributed by atoms with van der Waals surface area (Å²) in [5.41, 5.74) is 4.55. The van der Waals surface area contributed by atoms with Crippen LogP contribution in [0.5, 0.6) is 5.75 Å². The van der Waals surface area contributed by atoms with Gasteiger partial charge in [0.05, 0.1) is 23.0 Å². The molecule has 0 bridgehead atoms. The fourth-order valence-corrected chi connectivity index (χ4v) is 6.44. The molecule has 7 nitrogen and oxygen atoms in total. The van der Waals surface area contributed by atoms with Crippen molar-refractivity contribution in [2.75, 3.05) is 36.4 Å². The number of hydrogen-bond donors (Lipinski definition) is 3. The molecule has 0 aromatic heterocycles. The third-order valence-electron chi connectivity index (χ3n) is 8.63. The van der Waals surface area contributed by atoms with E-state index >= 15 is 0 Å². The van der Waals surface area contributed by atoms with Gasteiger partial charge in [-0.05, 0) is 80.2 Å². The number of β-amino-alcohol motifs (C(OH)–C–C–N with tert-alkyl or cyclic N) is 1. The van der Waals surface area contributed by atoms with Crippen LogP contribution in [0.15, 0.2) is 60.7 Å². The lowest BCUT2D eigenvalue weighted by atomic mass is 9.87. The van der Waals surface area contributed by atoms with Crippen LogP contribution in [0.4, 0.5) is 15.8 Å². The number of aliphatic hydroxyl groups is 1. The van der Waals surface area contributed by atoms with E-state index in [9.17, 15) is 19.4 Å². The summed E-state index contributed by atoms with van der Waals surface area (Å²) in [6.45, 7) is 4.94. The number of piperidine rings is 1. The smallest absolute Gasteiger partial charge is 0.335 e. The monoisotopic (exact) mass is 591 g/mol. The highest BCUT2D eigenvalue weighted by atomic mass is 35.5. The van der Waals surface area contributed by atoms with Gasteiger partial charge in [-0.15, -0.1) is 0 Å². The van der Waals surface area contributed by atoms with Crippen LogP contribution in [0.25, 0.3) is 6.08 Å². The zero-order valence-corrected chi connectivity index (χ0v) is 24.2. The third kappa shape index (κ3) is 5.71. The van der Waals surface area contributed by atoms with Gasteiger partial charge in [0.2, 0.25) is 0 Å². The number of fused-ring (bicyclic) bond motifs is 2. The number of nitrogens with zero attached hydrogens (tertiary/aromatic N) is 2. The van der Waals surface area contributed by atoms with Gasteiger partial charge in [-0.3, -0.25) is 4.90 Å². The van der Waals surface area contributed by atoms with Crippen LogP contribution in [0.1, 0.15) is 65.3 Å². The number of rotatable bonds is 8. The zero-order chi connectivity index (χ0) is 29.4. The Morgan fingerprint density at radius 2 is 1.95 bits per heavy atom. The van der Waals surface area contributed by atoms with Crippen LogP contribution >= 0.6 is 11.6 Å². The third-order valence-corrected chi connectivity index (χ3v) is 8.86. The minimum absolute atomic E-state index is 0.0743. The van der Waals surface area contributed by atoms with Gasteiger partial charge < -0.3 is 25.2 Å². The Kier molecular flexibility index (Phi) is 8.12. The molecule has 3 heterocycles. The number of aliphatic hydroxyl groups excluding tert-OH is 1. The maximum atomic E-state index is 14.7. The van der Waals surface area contributed by atoms with Gasteiger partial charge in [0.15, 0.2) is 0 Å². The average Bonchev–Trinajstić information content (AvgIpc) is 3.32. The van der Waals surface area contributed by atoms with Crippen LogP contribution < -0.4 is 15.0 Å². The minimum atomic E-state index is -0.961. The topological polar surface area (TPSA) is 85.3 Å². The van der Waals surface area contributed by atoms with E-state index in [-0.39, 0.29) is 17.5 Å². The summed E-state index contributed by atoms with van der Waals surface area (Å²) in [6.07, 6.45) is 5.36. The molecule has 1 fully saturated rings. The summed E-state index contributed by atoms with van der Waals surface area (Å²) in [7, 11) is 0. The Morgan fingerprint density at radius 1 is 1.14 bits per heavy atom. The van der Waals surface area contributed by atoms with E-state index in [1.165, 1.54) is 6.07 Å². The number of anilines is 2. The second-order valence-corrected chi connectivity index (χ2v) is 11.8. The van der Waals surface area contributed by atoms with Crippen LogP contribution in [0.3, 0.4) is 0 Å². The molecule has 1 unspecified atom stereocenters. The highest BCUT2D eigenvalue weighted by molar-refractivity contribution is 6.30. The SMILES string of the molecule is CC[C@H](O)CN1c2ccc(C(=O)O)cc2NC1CN1CCC(c2cccc3c2O[C@@H](c2ccc(Cl)cc2F)C=C3)CC1. The fourth-order valence-electron chi connectivity index (χ4n) is 6.28. The number of carboxylic acid groups (broad SMARTS) is 1. The lowest BCUT2D eigenvalue weighted by Gasteiger charge is -2.37. The Morgan fingerprint density at radius 3 is 2.69 bits per heavy atom. The highest BCUT2D eigenvalue weighted by Gasteiger charge is 2.34. The number of ether oxygens (including phenoxy) is 1. The molecule has 0 aliphatic carbocycles. The molecule has 1 saturated heterocycles. The van der Waals surface area contributed by atoms with Crippen molar-refractivity contribution in [2.24, 2.45) is 0 Å². The second-order valence-electron chi connectivity index (χ2n) is 11.3. The lowest BCUT2D eigenvalue weighted by molar-refractivity contribution is 0.0697. The average molecular weight is 592 g/mol. The van der Waals surface area contributed by atoms with Crippen LogP contribution in [0, 0.1) is 5.82 Å². The van der Waals surface area contributed by atoms with Gasteiger partial charge in [0.25, 0.3) is 0 Å². The highest BCUT2D eigenvalue weighted by Crippen LogP contribution is 2.42. The first kappa shape index (κ1) is 28.5. The number of likely N-dealkylation sites (tertiary alicyclic amines) is 1. The normalized spacial score (nSPS) is 20.9. The molecule has 3 aromatic rings. The standard InChI is InChI=1S/C33H35ClFN3O4/c1-2-24(39)18-38-29-10-6-22(33(40)41)16-28(29)36-31(38)19-37-14-12-20(13-15-37)25-5-3-4-21-7-11-30(42-32(21)25)26-9-8-23(34)17-27(26)35/h3-11,16-17,20,24,30-31,36,39H,2,12-15,18-19H2,1H3,(H,40,41)/t24-,30+,31?/m0/s1. The predicted molar refractivity (Wildman–Crippen MR) is 163 cm³/mol. The van der Waals surface area contributed by atoms with Gasteiger partial charge in [-0.1, -0.05) is 48.9 Å². The molecule has 42 heavy (non-hydrogen) atoms. The number of aromatic carboxylic acids is 1. The van der Waals surface area contributed by atoms with E-state index < -0.39 is 18.2 Å². The quantitative estimate of drug-likeness (QED) is 0.274. The molecule has 3 aromatic carbocycles. The Labute approximate surface area is 250 Å². The van der Waals surface area contributed by atoms with E-state index in [1.807, 2.05) is 31.2 Å². The Hall–Kier alpha value is -3.59. The van der Waals surface area contributed by atoms with Gasteiger partial charge in [-0.25, -0.2) is 9.18 Å². The van der Waals surface area contributed by atoms with E-state index in [4.69, 9.17) is 16.3 Å². The maximum absolute atomic E-state index is 14.7. The van der Waals surface area contributed by atoms with Crippen molar-refractivity contribution in [3.8, 4) is 5.75 Å². The molecule has 0 radical (unpaired) electrons. The van der Waals surface area contributed by atoms with Gasteiger partial charge in [0.1, 0.15) is 23.8 Å². The number of halogens is 2. The largest absolute Gasteiger partial charge is 0.481 e.